The van der Waals surface area contributed by atoms with E-state index in [1.807, 2.05) is 33.3 Å². The Bertz CT molecular complexity index is 302. The van der Waals surface area contributed by atoms with Crippen LogP contribution in [0.15, 0.2) is 18.3 Å². The molecule has 4 heteroatoms. The molecule has 0 aliphatic carbocycles. The zero-order valence-corrected chi connectivity index (χ0v) is 9.64. The summed E-state index contributed by atoms with van der Waals surface area (Å²) in [5.74, 6) is 0.906. The third kappa shape index (κ3) is 3.85. The standard InChI is InChI=1S/C11H19N3O/c1-13(2)6-7-14(3)11-8-10(9-15)4-5-12-11/h4-5,8,15H,6-7,9H2,1-3H3. The minimum Gasteiger partial charge on any atom is -0.392 e. The lowest BCUT2D eigenvalue weighted by Crippen LogP contribution is -2.29. The summed E-state index contributed by atoms with van der Waals surface area (Å²) >= 11 is 0. The van der Waals surface area contributed by atoms with Crippen molar-refractivity contribution in [3.63, 3.8) is 0 Å². The van der Waals surface area contributed by atoms with E-state index in [4.69, 9.17) is 5.11 Å². The lowest BCUT2D eigenvalue weighted by molar-refractivity contribution is 0.281. The third-order valence-corrected chi connectivity index (χ3v) is 2.27. The van der Waals surface area contributed by atoms with Crippen LogP contribution in [-0.4, -0.2) is 49.2 Å². The second-order valence-electron chi connectivity index (χ2n) is 3.91. The van der Waals surface area contributed by atoms with Crippen LogP contribution in [0.3, 0.4) is 0 Å². The van der Waals surface area contributed by atoms with E-state index >= 15 is 0 Å². The fraction of sp³-hybridized carbons (Fsp3) is 0.545. The Kier molecular flexibility index (Phi) is 4.52. The zero-order chi connectivity index (χ0) is 11.3. The van der Waals surface area contributed by atoms with Crippen molar-refractivity contribution in [1.29, 1.82) is 0 Å². The van der Waals surface area contributed by atoms with E-state index in [1.165, 1.54) is 0 Å². The van der Waals surface area contributed by atoms with Crippen LogP contribution >= 0.6 is 0 Å². The van der Waals surface area contributed by atoms with Gasteiger partial charge in [0.25, 0.3) is 0 Å². The van der Waals surface area contributed by atoms with Gasteiger partial charge < -0.3 is 14.9 Å². The first-order valence-electron chi connectivity index (χ1n) is 5.05. The molecule has 0 amide bonds. The second kappa shape index (κ2) is 5.68. The summed E-state index contributed by atoms with van der Waals surface area (Å²) < 4.78 is 0. The van der Waals surface area contributed by atoms with Gasteiger partial charge in [-0.25, -0.2) is 4.98 Å². The number of hydrogen-bond donors (Lipinski definition) is 1. The molecule has 1 N–H and O–H groups in total. The van der Waals surface area contributed by atoms with Gasteiger partial charge in [0.15, 0.2) is 0 Å². The van der Waals surface area contributed by atoms with Gasteiger partial charge in [-0.2, -0.15) is 0 Å². The van der Waals surface area contributed by atoms with E-state index in [2.05, 4.69) is 14.8 Å². The molecule has 1 aromatic heterocycles. The summed E-state index contributed by atoms with van der Waals surface area (Å²) in [6.07, 6.45) is 1.73. The lowest BCUT2D eigenvalue weighted by atomic mass is 10.2. The van der Waals surface area contributed by atoms with Crippen LogP contribution < -0.4 is 4.90 Å². The zero-order valence-electron chi connectivity index (χ0n) is 9.64. The van der Waals surface area contributed by atoms with Crippen LogP contribution in [0.4, 0.5) is 5.82 Å². The quantitative estimate of drug-likeness (QED) is 0.769. The highest BCUT2D eigenvalue weighted by molar-refractivity contribution is 5.39. The summed E-state index contributed by atoms with van der Waals surface area (Å²) in [5, 5.41) is 9.01. The van der Waals surface area contributed by atoms with Crippen molar-refractivity contribution in [2.75, 3.05) is 39.1 Å². The molecule has 84 valence electrons. The van der Waals surface area contributed by atoms with Crippen LogP contribution in [0.2, 0.25) is 0 Å². The predicted molar refractivity (Wildman–Crippen MR) is 62.0 cm³/mol. The molecule has 0 aliphatic rings. The molecule has 0 aliphatic heterocycles. The molecular formula is C11H19N3O. The molecule has 1 aromatic rings. The number of aliphatic hydroxyl groups excluding tert-OH is 1. The fourth-order valence-corrected chi connectivity index (χ4v) is 1.23. The van der Waals surface area contributed by atoms with Crippen molar-refractivity contribution in [3.8, 4) is 0 Å². The SMILES string of the molecule is CN(C)CCN(C)c1cc(CO)ccn1. The van der Waals surface area contributed by atoms with Crippen LogP contribution in [0.1, 0.15) is 5.56 Å². The Balaban J connectivity index is 2.60. The number of pyridine rings is 1. The molecule has 0 saturated heterocycles. The summed E-state index contributed by atoms with van der Waals surface area (Å²) in [7, 11) is 6.10. The topological polar surface area (TPSA) is 39.6 Å². The van der Waals surface area contributed by atoms with Crippen molar-refractivity contribution in [2.24, 2.45) is 0 Å². The van der Waals surface area contributed by atoms with Gasteiger partial charge >= 0.3 is 0 Å². The summed E-state index contributed by atoms with van der Waals surface area (Å²) in [6, 6.07) is 3.74. The van der Waals surface area contributed by atoms with Crippen LogP contribution in [-0.2, 0) is 6.61 Å². The van der Waals surface area contributed by atoms with Crippen molar-refractivity contribution < 1.29 is 5.11 Å². The predicted octanol–water partition coefficient (Wildman–Crippen LogP) is 0.572. The third-order valence-electron chi connectivity index (χ3n) is 2.27. The molecule has 15 heavy (non-hydrogen) atoms. The number of nitrogens with zero attached hydrogens (tertiary/aromatic N) is 3. The first kappa shape index (κ1) is 11.9. The van der Waals surface area contributed by atoms with Crippen molar-refractivity contribution in [2.45, 2.75) is 6.61 Å². The highest BCUT2D eigenvalue weighted by Gasteiger charge is 2.03. The summed E-state index contributed by atoms with van der Waals surface area (Å²) in [5.41, 5.74) is 0.900. The number of hydrogen-bond acceptors (Lipinski definition) is 4. The lowest BCUT2D eigenvalue weighted by Gasteiger charge is -2.20. The fourth-order valence-electron chi connectivity index (χ4n) is 1.23. The van der Waals surface area contributed by atoms with Crippen molar-refractivity contribution >= 4 is 5.82 Å². The molecule has 0 fully saturated rings. The number of likely N-dealkylation sites (N-methyl/N-ethyl adjacent to an activating group) is 2. The van der Waals surface area contributed by atoms with Gasteiger partial charge in [-0.05, 0) is 31.8 Å². The highest BCUT2D eigenvalue weighted by atomic mass is 16.3. The van der Waals surface area contributed by atoms with Crippen molar-refractivity contribution in [3.05, 3.63) is 23.9 Å². The smallest absolute Gasteiger partial charge is 0.128 e. The van der Waals surface area contributed by atoms with Gasteiger partial charge in [-0.1, -0.05) is 0 Å². The number of aromatic nitrogens is 1. The molecule has 0 aromatic carbocycles. The average Bonchev–Trinajstić information content (AvgIpc) is 2.26. The van der Waals surface area contributed by atoms with Crippen LogP contribution in [0.5, 0.6) is 0 Å². The number of anilines is 1. The summed E-state index contributed by atoms with van der Waals surface area (Å²) in [4.78, 5) is 8.48. The van der Waals surface area contributed by atoms with E-state index in [0.717, 1.165) is 24.5 Å². The molecule has 0 radical (unpaired) electrons. The van der Waals surface area contributed by atoms with E-state index in [-0.39, 0.29) is 6.61 Å². The highest BCUT2D eigenvalue weighted by Crippen LogP contribution is 2.10. The van der Waals surface area contributed by atoms with E-state index in [0.29, 0.717) is 0 Å². The molecule has 0 atom stereocenters. The summed E-state index contributed by atoms with van der Waals surface area (Å²) in [6.45, 7) is 1.98. The van der Waals surface area contributed by atoms with Gasteiger partial charge in [-0.15, -0.1) is 0 Å². The molecule has 1 heterocycles. The molecule has 0 spiro atoms. The minimum atomic E-state index is 0.0665. The molecule has 1 rings (SSSR count). The van der Waals surface area contributed by atoms with E-state index < -0.39 is 0 Å². The van der Waals surface area contributed by atoms with E-state index in [1.54, 1.807) is 6.20 Å². The van der Waals surface area contributed by atoms with Crippen molar-refractivity contribution in [1.82, 2.24) is 9.88 Å². The van der Waals surface area contributed by atoms with Gasteiger partial charge in [0.05, 0.1) is 6.61 Å². The maximum absolute atomic E-state index is 9.01. The van der Waals surface area contributed by atoms with Gasteiger partial charge in [-0.3, -0.25) is 0 Å². The average molecular weight is 209 g/mol. The van der Waals surface area contributed by atoms with Crippen LogP contribution in [0.25, 0.3) is 0 Å². The Morgan fingerprint density at radius 2 is 2.00 bits per heavy atom. The normalized spacial score (nSPS) is 10.7. The Morgan fingerprint density at radius 1 is 1.27 bits per heavy atom. The monoisotopic (exact) mass is 209 g/mol. The number of aliphatic hydroxyl groups is 1. The maximum Gasteiger partial charge on any atom is 0.128 e. The Labute approximate surface area is 91.2 Å². The minimum absolute atomic E-state index is 0.0665. The Morgan fingerprint density at radius 3 is 2.60 bits per heavy atom. The van der Waals surface area contributed by atoms with Crippen LogP contribution in [0, 0.1) is 0 Å². The van der Waals surface area contributed by atoms with Gasteiger partial charge in [0.1, 0.15) is 5.82 Å². The largest absolute Gasteiger partial charge is 0.392 e. The first-order chi connectivity index (χ1) is 7.13. The first-order valence-corrected chi connectivity index (χ1v) is 5.05. The second-order valence-corrected chi connectivity index (χ2v) is 3.91. The molecule has 4 nitrogen and oxygen atoms in total. The molecular weight excluding hydrogens is 190 g/mol. The van der Waals surface area contributed by atoms with Gasteiger partial charge in [0.2, 0.25) is 0 Å². The Hall–Kier alpha value is -1.13. The molecule has 0 bridgehead atoms. The molecule has 0 saturated carbocycles. The number of rotatable bonds is 5. The molecule has 0 unspecified atom stereocenters. The maximum atomic E-state index is 9.01. The van der Waals surface area contributed by atoms with Gasteiger partial charge in [0, 0.05) is 26.3 Å². The van der Waals surface area contributed by atoms with E-state index in [9.17, 15) is 0 Å².